The summed E-state index contributed by atoms with van der Waals surface area (Å²) >= 11 is 6.06. The van der Waals surface area contributed by atoms with Gasteiger partial charge >= 0.3 is 0 Å². The first kappa shape index (κ1) is 15.3. The van der Waals surface area contributed by atoms with Crippen molar-refractivity contribution in [3.8, 4) is 0 Å². The highest BCUT2D eigenvalue weighted by Gasteiger charge is 2.42. The Balaban J connectivity index is 2.32. The van der Waals surface area contributed by atoms with Gasteiger partial charge in [-0.2, -0.15) is 0 Å². The van der Waals surface area contributed by atoms with Crippen LogP contribution in [-0.4, -0.2) is 36.9 Å². The van der Waals surface area contributed by atoms with Crippen LogP contribution in [-0.2, 0) is 14.9 Å². The monoisotopic (exact) mass is 297 g/mol. The van der Waals surface area contributed by atoms with E-state index in [1.54, 1.807) is 13.0 Å². The predicted molar refractivity (Wildman–Crippen MR) is 77.9 cm³/mol. The van der Waals surface area contributed by atoms with E-state index >= 15 is 0 Å². The molecule has 0 aromatic heterocycles. The third kappa shape index (κ3) is 3.14. The van der Waals surface area contributed by atoms with Crippen LogP contribution in [0.4, 0.5) is 0 Å². The number of benzene rings is 1. The molecule has 0 saturated carbocycles. The molecule has 0 radical (unpaired) electrons. The van der Waals surface area contributed by atoms with Gasteiger partial charge < -0.3 is 15.2 Å². The molecule has 20 heavy (non-hydrogen) atoms. The summed E-state index contributed by atoms with van der Waals surface area (Å²) in [7, 11) is 0. The van der Waals surface area contributed by atoms with Gasteiger partial charge in [-0.25, -0.2) is 0 Å². The number of ether oxygens (including phenoxy) is 1. The van der Waals surface area contributed by atoms with Gasteiger partial charge in [0, 0.05) is 24.3 Å². The quantitative estimate of drug-likeness (QED) is 0.892. The van der Waals surface area contributed by atoms with Crippen molar-refractivity contribution in [2.45, 2.75) is 31.2 Å². The number of hydrogen-bond donors (Lipinski definition) is 2. The lowest BCUT2D eigenvalue weighted by atomic mass is 9.73. The summed E-state index contributed by atoms with van der Waals surface area (Å²) in [5.74, 6) is -0.0652. The van der Waals surface area contributed by atoms with Gasteiger partial charge in [0.1, 0.15) is 0 Å². The molecule has 1 aromatic rings. The molecule has 1 aromatic carbocycles. The lowest BCUT2D eigenvalue weighted by Crippen LogP contribution is -2.51. The molecule has 2 rings (SSSR count). The molecule has 110 valence electrons. The highest BCUT2D eigenvalue weighted by Crippen LogP contribution is 2.36. The number of aliphatic hydroxyl groups is 1. The van der Waals surface area contributed by atoms with Crippen LogP contribution in [0.2, 0.25) is 5.02 Å². The van der Waals surface area contributed by atoms with Gasteiger partial charge in [0.25, 0.3) is 0 Å². The number of carbonyl (C=O) groups is 1. The molecule has 0 bridgehead atoms. The van der Waals surface area contributed by atoms with Gasteiger partial charge in [-0.3, -0.25) is 4.79 Å². The summed E-state index contributed by atoms with van der Waals surface area (Å²) in [6.45, 7) is 2.80. The normalized spacial score (nSPS) is 19.4. The third-order valence-corrected chi connectivity index (χ3v) is 4.04. The van der Waals surface area contributed by atoms with E-state index in [4.69, 9.17) is 21.4 Å². The van der Waals surface area contributed by atoms with E-state index in [0.29, 0.717) is 31.1 Å². The van der Waals surface area contributed by atoms with Gasteiger partial charge in [0.2, 0.25) is 5.91 Å². The molecule has 0 spiro atoms. The Morgan fingerprint density at radius 1 is 1.50 bits per heavy atom. The SMILES string of the molecule is CC(CO)NC(=O)C1(c2cccc(Cl)c2)CCOCC1. The van der Waals surface area contributed by atoms with Gasteiger partial charge in [0.15, 0.2) is 0 Å². The summed E-state index contributed by atoms with van der Waals surface area (Å²) in [4.78, 5) is 12.7. The molecule has 1 fully saturated rings. The maximum atomic E-state index is 12.7. The summed E-state index contributed by atoms with van der Waals surface area (Å²) in [5.41, 5.74) is 0.294. The molecular weight excluding hydrogens is 278 g/mol. The van der Waals surface area contributed by atoms with E-state index in [0.717, 1.165) is 5.56 Å². The second-order valence-electron chi connectivity index (χ2n) is 5.26. The van der Waals surface area contributed by atoms with Crippen molar-refractivity contribution in [1.82, 2.24) is 5.32 Å². The van der Waals surface area contributed by atoms with E-state index in [2.05, 4.69) is 5.32 Å². The van der Waals surface area contributed by atoms with Crippen molar-refractivity contribution in [3.05, 3.63) is 34.9 Å². The lowest BCUT2D eigenvalue weighted by molar-refractivity contribution is -0.131. The van der Waals surface area contributed by atoms with Crippen LogP contribution in [0.25, 0.3) is 0 Å². The zero-order valence-corrected chi connectivity index (χ0v) is 12.3. The largest absolute Gasteiger partial charge is 0.394 e. The number of hydrogen-bond acceptors (Lipinski definition) is 3. The van der Waals surface area contributed by atoms with Gasteiger partial charge in [-0.15, -0.1) is 0 Å². The minimum absolute atomic E-state index is 0.0652. The first-order valence-electron chi connectivity index (χ1n) is 6.84. The van der Waals surface area contributed by atoms with E-state index in [1.165, 1.54) is 0 Å². The Hall–Kier alpha value is -1.10. The zero-order chi connectivity index (χ0) is 14.6. The standard InChI is InChI=1S/C15H20ClNO3/c1-11(10-18)17-14(19)15(5-7-20-8-6-15)12-3-2-4-13(16)9-12/h2-4,9,11,18H,5-8,10H2,1H3,(H,17,19). The Kier molecular flexibility index (Phi) is 5.02. The second-order valence-corrected chi connectivity index (χ2v) is 5.70. The molecule has 0 aliphatic carbocycles. The van der Waals surface area contributed by atoms with Crippen LogP contribution in [0, 0.1) is 0 Å². The van der Waals surface area contributed by atoms with Crippen LogP contribution in [0.1, 0.15) is 25.3 Å². The van der Waals surface area contributed by atoms with E-state index in [1.807, 2.05) is 18.2 Å². The molecule has 1 saturated heterocycles. The first-order valence-corrected chi connectivity index (χ1v) is 7.22. The highest BCUT2D eigenvalue weighted by atomic mass is 35.5. The Labute approximate surface area is 124 Å². The van der Waals surface area contributed by atoms with Crippen LogP contribution < -0.4 is 5.32 Å². The van der Waals surface area contributed by atoms with E-state index in [-0.39, 0.29) is 18.6 Å². The molecule has 4 nitrogen and oxygen atoms in total. The smallest absolute Gasteiger partial charge is 0.231 e. The maximum Gasteiger partial charge on any atom is 0.231 e. The van der Waals surface area contributed by atoms with Crippen molar-refractivity contribution in [3.63, 3.8) is 0 Å². The molecule has 2 N–H and O–H groups in total. The Morgan fingerprint density at radius 3 is 2.80 bits per heavy atom. The Morgan fingerprint density at radius 2 is 2.20 bits per heavy atom. The summed E-state index contributed by atoms with van der Waals surface area (Å²) in [5, 5.41) is 12.6. The summed E-state index contributed by atoms with van der Waals surface area (Å²) < 4.78 is 5.40. The van der Waals surface area contributed by atoms with E-state index < -0.39 is 5.41 Å². The van der Waals surface area contributed by atoms with Gasteiger partial charge in [-0.1, -0.05) is 23.7 Å². The second kappa shape index (κ2) is 6.57. The fourth-order valence-electron chi connectivity index (χ4n) is 2.56. The summed E-state index contributed by atoms with van der Waals surface area (Å²) in [6, 6.07) is 7.17. The van der Waals surface area contributed by atoms with Crippen molar-refractivity contribution in [2.75, 3.05) is 19.8 Å². The third-order valence-electron chi connectivity index (χ3n) is 3.81. The van der Waals surface area contributed by atoms with Gasteiger partial charge in [0.05, 0.1) is 12.0 Å². The molecule has 1 heterocycles. The summed E-state index contributed by atoms with van der Waals surface area (Å²) in [6.07, 6.45) is 1.24. The lowest BCUT2D eigenvalue weighted by Gasteiger charge is -2.37. The van der Waals surface area contributed by atoms with Gasteiger partial charge in [-0.05, 0) is 37.5 Å². The zero-order valence-electron chi connectivity index (χ0n) is 11.6. The number of rotatable bonds is 4. The first-order chi connectivity index (χ1) is 9.58. The number of amides is 1. The number of halogens is 1. The minimum atomic E-state index is -0.618. The van der Waals surface area contributed by atoms with Crippen molar-refractivity contribution in [2.24, 2.45) is 0 Å². The average molecular weight is 298 g/mol. The molecule has 1 amide bonds. The molecule has 1 aliphatic heterocycles. The fraction of sp³-hybridized carbons (Fsp3) is 0.533. The molecule has 5 heteroatoms. The van der Waals surface area contributed by atoms with Crippen LogP contribution in [0.5, 0.6) is 0 Å². The van der Waals surface area contributed by atoms with E-state index in [9.17, 15) is 4.79 Å². The molecule has 1 atom stereocenters. The van der Waals surface area contributed by atoms with Crippen molar-refractivity contribution >= 4 is 17.5 Å². The molecule has 1 aliphatic rings. The Bertz CT molecular complexity index is 472. The molecule has 1 unspecified atom stereocenters. The van der Waals surface area contributed by atoms with Crippen LogP contribution in [0.15, 0.2) is 24.3 Å². The minimum Gasteiger partial charge on any atom is -0.394 e. The topological polar surface area (TPSA) is 58.6 Å². The average Bonchev–Trinajstić information content (AvgIpc) is 2.47. The number of nitrogens with one attached hydrogen (secondary N) is 1. The van der Waals surface area contributed by atoms with Crippen molar-refractivity contribution in [1.29, 1.82) is 0 Å². The van der Waals surface area contributed by atoms with Crippen LogP contribution >= 0.6 is 11.6 Å². The fourth-order valence-corrected chi connectivity index (χ4v) is 2.75. The highest BCUT2D eigenvalue weighted by molar-refractivity contribution is 6.30. The molecular formula is C15H20ClNO3. The number of carbonyl (C=O) groups excluding carboxylic acids is 1. The van der Waals surface area contributed by atoms with Crippen molar-refractivity contribution < 1.29 is 14.6 Å². The number of aliphatic hydroxyl groups excluding tert-OH is 1. The predicted octanol–water partition coefficient (Wildman–Crippen LogP) is 1.89. The van der Waals surface area contributed by atoms with Crippen LogP contribution in [0.3, 0.4) is 0 Å². The maximum absolute atomic E-state index is 12.7.